The summed E-state index contributed by atoms with van der Waals surface area (Å²) in [6.45, 7) is 0. The van der Waals surface area contributed by atoms with Crippen LogP contribution in [0.4, 0.5) is 0 Å². The van der Waals surface area contributed by atoms with E-state index in [-0.39, 0.29) is 5.69 Å². The Morgan fingerprint density at radius 2 is 2.40 bits per heavy atom. The lowest BCUT2D eigenvalue weighted by atomic mass is 10.5. The smallest absolute Gasteiger partial charge is 0.306 e. The number of fused-ring (bicyclic) bond motifs is 1. The van der Waals surface area contributed by atoms with Gasteiger partial charge in [-0.2, -0.15) is 0 Å². The van der Waals surface area contributed by atoms with Crippen molar-refractivity contribution in [2.45, 2.75) is 0 Å². The zero-order chi connectivity index (χ0) is 6.97. The van der Waals surface area contributed by atoms with Gasteiger partial charge in [-0.15, -0.1) is 0 Å². The monoisotopic (exact) mass is 137 g/mol. The van der Waals surface area contributed by atoms with Crippen molar-refractivity contribution in [3.05, 3.63) is 28.9 Å². The molecule has 2 N–H and O–H groups in total. The molecule has 0 aliphatic rings. The van der Waals surface area contributed by atoms with Crippen LogP contribution in [-0.2, 0) is 0 Å². The summed E-state index contributed by atoms with van der Waals surface area (Å²) in [6.07, 6.45) is 3.24. The minimum atomic E-state index is -0.192. The molecule has 0 aromatic carbocycles. The molecule has 0 unspecified atom stereocenters. The normalized spacial score (nSPS) is 10.4. The van der Waals surface area contributed by atoms with Crippen molar-refractivity contribution < 1.29 is 0 Å². The molecule has 0 atom stereocenters. The van der Waals surface area contributed by atoms with Gasteiger partial charge in [0, 0.05) is 6.20 Å². The van der Waals surface area contributed by atoms with Gasteiger partial charge in [0.2, 0.25) is 0 Å². The molecule has 0 aliphatic carbocycles. The van der Waals surface area contributed by atoms with Gasteiger partial charge in [-0.05, 0) is 6.07 Å². The van der Waals surface area contributed by atoms with Gasteiger partial charge < -0.3 is 9.97 Å². The van der Waals surface area contributed by atoms with Crippen LogP contribution in [0.25, 0.3) is 11.0 Å². The van der Waals surface area contributed by atoms with E-state index in [1.807, 2.05) is 0 Å². The van der Waals surface area contributed by atoms with Crippen molar-refractivity contribution in [2.24, 2.45) is 0 Å². The maximum atomic E-state index is 10.6. The standard InChI is InChI=1S/C6H5N3O/c10-6-8-4-1-2-7-3-5(4)9-6/h1-3H,(H2,8,9,10)/i3+2. The molecular weight excluding hydrogens is 132 g/mol. The van der Waals surface area contributed by atoms with Crippen molar-refractivity contribution in [3.63, 3.8) is 0 Å². The molecule has 50 valence electrons. The third-order valence-electron chi connectivity index (χ3n) is 1.32. The van der Waals surface area contributed by atoms with Gasteiger partial charge in [0.25, 0.3) is 0 Å². The Bertz CT molecular complexity index is 364. The minimum absolute atomic E-state index is 0.192. The number of rotatable bonds is 0. The fraction of sp³-hybridized carbons (Fsp3) is 0. The SMILES string of the molecule is O=c1[nH]c2ccn[14cH]c2[nH]1. The molecule has 4 heteroatoms. The maximum absolute atomic E-state index is 10.6. The van der Waals surface area contributed by atoms with Crippen molar-refractivity contribution >= 4 is 11.0 Å². The summed E-state index contributed by atoms with van der Waals surface area (Å²) in [5.41, 5.74) is 1.34. The number of nitrogens with one attached hydrogen (secondary N) is 2. The molecule has 4 nitrogen and oxygen atoms in total. The van der Waals surface area contributed by atoms with E-state index in [1.165, 1.54) is 0 Å². The Hall–Kier alpha value is -1.58. The molecule has 2 aromatic rings. The lowest BCUT2D eigenvalue weighted by Gasteiger charge is -1.81. The zero-order valence-corrected chi connectivity index (χ0v) is 5.09. The first-order valence-corrected chi connectivity index (χ1v) is 2.88. The van der Waals surface area contributed by atoms with E-state index in [4.69, 9.17) is 0 Å². The average molecular weight is 137 g/mol. The minimum Gasteiger partial charge on any atom is -0.306 e. The van der Waals surface area contributed by atoms with E-state index in [2.05, 4.69) is 15.0 Å². The Morgan fingerprint density at radius 3 is 3.20 bits per heavy atom. The fourth-order valence-electron chi connectivity index (χ4n) is 0.879. The molecule has 0 amide bonds. The van der Waals surface area contributed by atoms with Gasteiger partial charge in [-0.1, -0.05) is 0 Å². The third-order valence-corrected chi connectivity index (χ3v) is 1.32. The number of hydrogen-bond acceptors (Lipinski definition) is 2. The molecule has 0 aliphatic heterocycles. The first-order chi connectivity index (χ1) is 4.86. The van der Waals surface area contributed by atoms with Gasteiger partial charge in [0.1, 0.15) is 0 Å². The number of nitrogens with zero attached hydrogens (tertiary/aromatic N) is 1. The van der Waals surface area contributed by atoms with Gasteiger partial charge in [0.15, 0.2) is 0 Å². The molecular formula is C6H5N3O. The van der Waals surface area contributed by atoms with Gasteiger partial charge in [0.05, 0.1) is 17.2 Å². The summed E-state index contributed by atoms with van der Waals surface area (Å²) in [4.78, 5) is 19.7. The second-order valence-electron chi connectivity index (χ2n) is 2.00. The van der Waals surface area contributed by atoms with Crippen LogP contribution in [0.5, 0.6) is 0 Å². The lowest BCUT2D eigenvalue weighted by Crippen LogP contribution is -1.99. The van der Waals surface area contributed by atoms with E-state index in [9.17, 15) is 4.79 Å². The molecule has 0 bridgehead atoms. The number of aromatic amines is 2. The average Bonchev–Trinajstić information content (AvgIpc) is 2.27. The van der Waals surface area contributed by atoms with E-state index < -0.39 is 0 Å². The van der Waals surface area contributed by atoms with Crippen LogP contribution in [0.15, 0.2) is 23.3 Å². The van der Waals surface area contributed by atoms with E-state index in [0.717, 1.165) is 11.0 Å². The Labute approximate surface area is 55.9 Å². The fourth-order valence-corrected chi connectivity index (χ4v) is 0.879. The van der Waals surface area contributed by atoms with E-state index in [1.54, 1.807) is 18.5 Å². The van der Waals surface area contributed by atoms with Crippen molar-refractivity contribution in [2.75, 3.05) is 0 Å². The number of pyridine rings is 1. The maximum Gasteiger partial charge on any atom is 0.323 e. The first kappa shape index (κ1) is 5.22. The lowest BCUT2D eigenvalue weighted by molar-refractivity contribution is 1.21. The highest BCUT2D eigenvalue weighted by Gasteiger charge is 1.93. The molecule has 0 spiro atoms. The van der Waals surface area contributed by atoms with Crippen LogP contribution in [-0.4, -0.2) is 15.0 Å². The third kappa shape index (κ3) is 0.621. The number of hydrogen-bond donors (Lipinski definition) is 2. The van der Waals surface area contributed by atoms with Crippen LogP contribution in [0, 0.1) is 0 Å². The predicted octanol–water partition coefficient (Wildman–Crippen LogP) is 0.251. The van der Waals surface area contributed by atoms with Crippen LogP contribution in [0.3, 0.4) is 0 Å². The predicted molar refractivity (Wildman–Crippen MR) is 36.7 cm³/mol. The van der Waals surface area contributed by atoms with E-state index >= 15 is 0 Å². The second-order valence-corrected chi connectivity index (χ2v) is 2.00. The Balaban J connectivity index is 3.01. The van der Waals surface area contributed by atoms with Gasteiger partial charge in [-0.25, -0.2) is 4.79 Å². The summed E-state index contributed by atoms with van der Waals surface area (Å²) >= 11 is 0. The highest BCUT2D eigenvalue weighted by atomic mass is 16.1. The molecule has 0 saturated heterocycles. The van der Waals surface area contributed by atoms with Gasteiger partial charge >= 0.3 is 5.69 Å². The van der Waals surface area contributed by atoms with Crippen molar-refractivity contribution in [1.82, 2.24) is 15.0 Å². The molecule has 0 saturated carbocycles. The summed E-state index contributed by atoms with van der Waals surface area (Å²) in [6, 6.07) is 1.74. The first-order valence-electron chi connectivity index (χ1n) is 2.88. The van der Waals surface area contributed by atoms with Crippen LogP contribution in [0.2, 0.25) is 0 Å². The largest absolute Gasteiger partial charge is 0.323 e. The highest BCUT2D eigenvalue weighted by molar-refractivity contribution is 5.72. The van der Waals surface area contributed by atoms with Crippen molar-refractivity contribution in [1.29, 1.82) is 0 Å². The quantitative estimate of drug-likeness (QED) is 0.546. The van der Waals surface area contributed by atoms with Gasteiger partial charge in [-0.3, -0.25) is 4.98 Å². The van der Waals surface area contributed by atoms with E-state index in [0.29, 0.717) is 0 Å². The molecule has 2 aromatic heterocycles. The molecule has 2 rings (SSSR count). The number of H-pyrrole nitrogens is 2. The van der Waals surface area contributed by atoms with Crippen LogP contribution in [0.1, 0.15) is 0 Å². The summed E-state index contributed by atoms with van der Waals surface area (Å²) in [5.74, 6) is 0. The van der Waals surface area contributed by atoms with Crippen LogP contribution < -0.4 is 5.69 Å². The summed E-state index contributed by atoms with van der Waals surface area (Å²) < 4.78 is 0. The zero-order valence-electron chi connectivity index (χ0n) is 5.09. The number of aromatic nitrogens is 3. The molecule has 0 radical (unpaired) electrons. The van der Waals surface area contributed by atoms with Crippen molar-refractivity contribution in [3.8, 4) is 0 Å². The Kier molecular flexibility index (Phi) is 0.887. The summed E-state index contributed by atoms with van der Waals surface area (Å²) in [7, 11) is 0. The molecule has 2 heterocycles. The molecule has 10 heavy (non-hydrogen) atoms. The highest BCUT2D eigenvalue weighted by Crippen LogP contribution is 2.00. The number of imidazole rings is 1. The second kappa shape index (κ2) is 1.70. The summed E-state index contributed by atoms with van der Waals surface area (Å²) in [5, 5.41) is 0. The topological polar surface area (TPSA) is 61.5 Å². The molecule has 0 fully saturated rings. The van der Waals surface area contributed by atoms with Crippen LogP contribution >= 0.6 is 0 Å². The Morgan fingerprint density at radius 1 is 1.50 bits per heavy atom.